The average Bonchev–Trinajstić information content (AvgIpc) is 3.16. The Hall–Kier alpha value is -2.14. The van der Waals surface area contributed by atoms with Crippen LogP contribution in [-0.2, 0) is 20.7 Å². The maximum atomic E-state index is 12.7. The lowest BCUT2D eigenvalue weighted by molar-refractivity contribution is -0.146. The first-order valence-electron chi connectivity index (χ1n) is 8.10. The number of aliphatic carboxylic acids is 1. The second kappa shape index (κ2) is 5.49. The van der Waals surface area contributed by atoms with Crippen LogP contribution in [-0.4, -0.2) is 29.2 Å². The SMILES string of the molecule is O=C(O)[C@@H]1[C@H](C(=O)N[C@@H]2CCCc3ccccc32)[C@@H]2C=C[C@@H]1O2. The summed E-state index contributed by atoms with van der Waals surface area (Å²) in [5, 5.41) is 12.5. The van der Waals surface area contributed by atoms with E-state index in [1.165, 1.54) is 5.56 Å². The van der Waals surface area contributed by atoms with E-state index in [9.17, 15) is 14.7 Å². The molecule has 120 valence electrons. The van der Waals surface area contributed by atoms with Gasteiger partial charge in [0.1, 0.15) is 5.92 Å². The van der Waals surface area contributed by atoms with Crippen LogP contribution in [0.2, 0.25) is 0 Å². The maximum Gasteiger partial charge on any atom is 0.310 e. The number of carboxylic acids is 1. The first-order chi connectivity index (χ1) is 11.1. The van der Waals surface area contributed by atoms with Gasteiger partial charge in [0.05, 0.1) is 24.2 Å². The van der Waals surface area contributed by atoms with E-state index in [4.69, 9.17) is 4.74 Å². The smallest absolute Gasteiger partial charge is 0.310 e. The highest BCUT2D eigenvalue weighted by Crippen LogP contribution is 2.40. The van der Waals surface area contributed by atoms with E-state index in [1.807, 2.05) is 24.3 Å². The lowest BCUT2D eigenvalue weighted by atomic mass is 9.81. The second-order valence-electron chi connectivity index (χ2n) is 6.49. The number of nitrogens with one attached hydrogen (secondary N) is 1. The summed E-state index contributed by atoms with van der Waals surface area (Å²) in [7, 11) is 0. The summed E-state index contributed by atoms with van der Waals surface area (Å²) in [6, 6.07) is 8.10. The van der Waals surface area contributed by atoms with Crippen LogP contribution in [0.4, 0.5) is 0 Å². The predicted molar refractivity (Wildman–Crippen MR) is 82.7 cm³/mol. The van der Waals surface area contributed by atoms with Crippen LogP contribution < -0.4 is 5.32 Å². The number of carbonyl (C=O) groups excluding carboxylic acids is 1. The van der Waals surface area contributed by atoms with Crippen LogP contribution in [0, 0.1) is 11.8 Å². The van der Waals surface area contributed by atoms with E-state index in [0.717, 1.165) is 24.8 Å². The fraction of sp³-hybridized carbons (Fsp3) is 0.444. The molecule has 3 aliphatic rings. The van der Waals surface area contributed by atoms with Crippen LogP contribution in [0.25, 0.3) is 0 Å². The first kappa shape index (κ1) is 14.5. The lowest BCUT2D eigenvalue weighted by Gasteiger charge is -2.29. The van der Waals surface area contributed by atoms with Crippen molar-refractivity contribution in [1.29, 1.82) is 0 Å². The van der Waals surface area contributed by atoms with Gasteiger partial charge in [-0.2, -0.15) is 0 Å². The first-order valence-corrected chi connectivity index (χ1v) is 8.10. The van der Waals surface area contributed by atoms with Gasteiger partial charge in [0.2, 0.25) is 5.91 Å². The van der Waals surface area contributed by atoms with Crippen molar-refractivity contribution in [2.45, 2.75) is 37.5 Å². The van der Waals surface area contributed by atoms with Gasteiger partial charge in [-0.05, 0) is 30.4 Å². The van der Waals surface area contributed by atoms with Gasteiger partial charge in [-0.25, -0.2) is 0 Å². The number of benzene rings is 1. The molecule has 1 fully saturated rings. The fourth-order valence-electron chi connectivity index (χ4n) is 4.09. The molecule has 0 saturated carbocycles. The molecule has 4 rings (SSSR count). The molecule has 2 bridgehead atoms. The summed E-state index contributed by atoms with van der Waals surface area (Å²) in [6.07, 6.45) is 5.61. The van der Waals surface area contributed by atoms with Crippen molar-refractivity contribution < 1.29 is 19.4 Å². The molecule has 1 saturated heterocycles. The van der Waals surface area contributed by atoms with Gasteiger partial charge in [0, 0.05) is 0 Å². The molecule has 2 N–H and O–H groups in total. The number of carboxylic acid groups (broad SMARTS) is 1. The number of fused-ring (bicyclic) bond motifs is 3. The number of ether oxygens (including phenoxy) is 1. The summed E-state index contributed by atoms with van der Waals surface area (Å²) >= 11 is 0. The summed E-state index contributed by atoms with van der Waals surface area (Å²) in [6.45, 7) is 0. The van der Waals surface area contributed by atoms with E-state index in [-0.39, 0.29) is 11.9 Å². The molecular formula is C18H19NO4. The van der Waals surface area contributed by atoms with Gasteiger partial charge in [0.15, 0.2) is 0 Å². The molecule has 0 unspecified atom stereocenters. The van der Waals surface area contributed by atoms with Crippen molar-refractivity contribution >= 4 is 11.9 Å². The monoisotopic (exact) mass is 313 g/mol. The molecule has 0 spiro atoms. The summed E-state index contributed by atoms with van der Waals surface area (Å²) in [5.74, 6) is -2.61. The summed E-state index contributed by atoms with van der Waals surface area (Å²) in [4.78, 5) is 24.2. The topological polar surface area (TPSA) is 75.6 Å². The number of carbonyl (C=O) groups is 2. The van der Waals surface area contributed by atoms with Crippen LogP contribution in [0.15, 0.2) is 36.4 Å². The molecule has 1 aromatic rings. The molecule has 23 heavy (non-hydrogen) atoms. The minimum Gasteiger partial charge on any atom is -0.481 e. The Labute approximate surface area is 134 Å². The third-order valence-corrected chi connectivity index (χ3v) is 5.17. The van der Waals surface area contributed by atoms with E-state index in [0.29, 0.717) is 0 Å². The van der Waals surface area contributed by atoms with E-state index in [2.05, 4.69) is 11.4 Å². The molecular weight excluding hydrogens is 294 g/mol. The number of hydrogen-bond donors (Lipinski definition) is 2. The molecule has 2 aliphatic heterocycles. The Morgan fingerprint density at radius 1 is 1.13 bits per heavy atom. The van der Waals surface area contributed by atoms with Gasteiger partial charge in [-0.15, -0.1) is 0 Å². The average molecular weight is 313 g/mol. The standard InChI is InChI=1S/C18H19NO4/c20-17(15-13-8-9-14(23-13)16(15)18(21)22)19-12-7-3-5-10-4-1-2-6-11(10)12/h1-2,4,6,8-9,12-16H,3,5,7H2,(H,19,20)(H,21,22)/t12-,13+,14+,15-,16+/m1/s1. The summed E-state index contributed by atoms with van der Waals surface area (Å²) in [5.41, 5.74) is 2.42. The Morgan fingerprint density at radius 3 is 2.65 bits per heavy atom. The van der Waals surface area contributed by atoms with Crippen molar-refractivity contribution in [3.8, 4) is 0 Å². The van der Waals surface area contributed by atoms with Crippen molar-refractivity contribution in [1.82, 2.24) is 5.32 Å². The predicted octanol–water partition coefficient (Wildman–Crippen LogP) is 1.83. The van der Waals surface area contributed by atoms with Gasteiger partial charge in [0.25, 0.3) is 0 Å². The molecule has 1 amide bonds. The van der Waals surface area contributed by atoms with Gasteiger partial charge < -0.3 is 15.2 Å². The van der Waals surface area contributed by atoms with E-state index in [1.54, 1.807) is 6.08 Å². The highest BCUT2D eigenvalue weighted by atomic mass is 16.5. The largest absolute Gasteiger partial charge is 0.481 e. The zero-order chi connectivity index (χ0) is 16.0. The number of amides is 1. The minimum atomic E-state index is -0.967. The van der Waals surface area contributed by atoms with Crippen LogP contribution in [0.5, 0.6) is 0 Å². The van der Waals surface area contributed by atoms with Crippen LogP contribution in [0.3, 0.4) is 0 Å². The molecule has 5 heteroatoms. The Morgan fingerprint density at radius 2 is 1.87 bits per heavy atom. The zero-order valence-electron chi connectivity index (χ0n) is 12.6. The Kier molecular flexibility index (Phi) is 3.45. The molecule has 5 nitrogen and oxygen atoms in total. The van der Waals surface area contributed by atoms with Gasteiger partial charge >= 0.3 is 5.97 Å². The highest BCUT2D eigenvalue weighted by molar-refractivity contribution is 5.87. The van der Waals surface area contributed by atoms with Crippen molar-refractivity contribution in [2.75, 3.05) is 0 Å². The van der Waals surface area contributed by atoms with Crippen molar-refractivity contribution in [3.63, 3.8) is 0 Å². The zero-order valence-corrected chi connectivity index (χ0v) is 12.6. The number of rotatable bonds is 3. The van der Waals surface area contributed by atoms with E-state index >= 15 is 0 Å². The number of aryl methyl sites for hydroxylation is 1. The molecule has 0 aromatic heterocycles. The van der Waals surface area contributed by atoms with Crippen molar-refractivity contribution in [2.24, 2.45) is 11.8 Å². The Balaban J connectivity index is 1.55. The molecule has 1 aliphatic carbocycles. The molecule has 1 aromatic carbocycles. The van der Waals surface area contributed by atoms with Gasteiger partial charge in [-0.3, -0.25) is 9.59 Å². The lowest BCUT2D eigenvalue weighted by Crippen LogP contribution is -2.44. The quantitative estimate of drug-likeness (QED) is 0.835. The maximum absolute atomic E-state index is 12.7. The third kappa shape index (κ3) is 2.36. The third-order valence-electron chi connectivity index (χ3n) is 5.17. The van der Waals surface area contributed by atoms with Crippen LogP contribution >= 0.6 is 0 Å². The fourth-order valence-corrected chi connectivity index (χ4v) is 4.09. The van der Waals surface area contributed by atoms with Crippen LogP contribution in [0.1, 0.15) is 30.0 Å². The summed E-state index contributed by atoms with van der Waals surface area (Å²) < 4.78 is 5.59. The molecule has 5 atom stereocenters. The van der Waals surface area contributed by atoms with Crippen molar-refractivity contribution in [3.05, 3.63) is 47.5 Å². The van der Waals surface area contributed by atoms with E-state index < -0.39 is 30.0 Å². The Bertz CT molecular complexity index is 683. The normalized spacial score (nSPS) is 34.2. The minimum absolute atomic E-state index is 0.0370. The molecule has 0 radical (unpaired) electrons. The second-order valence-corrected chi connectivity index (χ2v) is 6.49. The number of hydrogen-bond acceptors (Lipinski definition) is 3. The van der Waals surface area contributed by atoms with Gasteiger partial charge in [-0.1, -0.05) is 36.4 Å². The highest BCUT2D eigenvalue weighted by Gasteiger charge is 2.53. The molecule has 2 heterocycles.